The molecular weight excluding hydrogens is 562 g/mol. The summed E-state index contributed by atoms with van der Waals surface area (Å²) in [6, 6.07) is 6.86. The van der Waals surface area contributed by atoms with Gasteiger partial charge in [-0.3, -0.25) is 13.9 Å². The van der Waals surface area contributed by atoms with Crippen LogP contribution in [0, 0.1) is 5.82 Å². The number of anilines is 1. The lowest BCUT2D eigenvalue weighted by atomic mass is 9.95. The van der Waals surface area contributed by atoms with Crippen molar-refractivity contribution in [3.8, 4) is 0 Å². The fourth-order valence-corrected chi connectivity index (χ4v) is 5.53. The molecule has 2 amide bonds. The van der Waals surface area contributed by atoms with E-state index in [4.69, 9.17) is 11.6 Å². The lowest BCUT2D eigenvalue weighted by molar-refractivity contribution is -0.139. The van der Waals surface area contributed by atoms with Crippen LogP contribution in [0.25, 0.3) is 0 Å². The SMILES string of the molecule is C[C@@H](C(=O)NC1CCCCC1)N(Cc1ccccc1F)C(=O)CN(c1ccc(Cl)c(C(F)(F)F)c1)S(C)(=O)=O. The lowest BCUT2D eigenvalue weighted by Crippen LogP contribution is -2.53. The number of halogens is 5. The van der Waals surface area contributed by atoms with E-state index in [0.29, 0.717) is 10.4 Å². The van der Waals surface area contributed by atoms with Crippen molar-refractivity contribution >= 4 is 39.1 Å². The number of hydrogen-bond acceptors (Lipinski definition) is 4. The fourth-order valence-electron chi connectivity index (χ4n) is 4.46. The number of carbonyl (C=O) groups excluding carboxylic acids is 2. The van der Waals surface area contributed by atoms with Crippen LogP contribution in [-0.4, -0.2) is 50.0 Å². The molecule has 1 aliphatic carbocycles. The number of alkyl halides is 3. The molecule has 2 aromatic rings. The van der Waals surface area contributed by atoms with Crippen molar-refractivity contribution in [2.45, 2.75) is 63.8 Å². The zero-order chi connectivity index (χ0) is 29.0. The first-order valence-corrected chi connectivity index (χ1v) is 14.6. The van der Waals surface area contributed by atoms with Gasteiger partial charge in [-0.15, -0.1) is 0 Å². The van der Waals surface area contributed by atoms with Crippen LogP contribution < -0.4 is 9.62 Å². The molecule has 0 aromatic heterocycles. The van der Waals surface area contributed by atoms with Gasteiger partial charge in [0.15, 0.2) is 0 Å². The molecule has 1 atom stereocenters. The summed E-state index contributed by atoms with van der Waals surface area (Å²) in [5, 5.41) is 2.26. The highest BCUT2D eigenvalue weighted by Crippen LogP contribution is 2.37. The summed E-state index contributed by atoms with van der Waals surface area (Å²) in [5.41, 5.74) is -1.63. The molecule has 3 rings (SSSR count). The number of nitrogens with zero attached hydrogens (tertiary/aromatic N) is 2. The van der Waals surface area contributed by atoms with Gasteiger partial charge >= 0.3 is 6.18 Å². The van der Waals surface area contributed by atoms with Crippen LogP contribution in [0.15, 0.2) is 42.5 Å². The summed E-state index contributed by atoms with van der Waals surface area (Å²) in [6.07, 6.45) is 0.371. The van der Waals surface area contributed by atoms with Crippen molar-refractivity contribution in [1.29, 1.82) is 0 Å². The molecule has 0 aliphatic heterocycles. The summed E-state index contributed by atoms with van der Waals surface area (Å²) in [5.74, 6) is -2.04. The molecule has 0 saturated heterocycles. The van der Waals surface area contributed by atoms with Crippen molar-refractivity contribution in [3.63, 3.8) is 0 Å². The Balaban J connectivity index is 1.94. The van der Waals surface area contributed by atoms with E-state index < -0.39 is 62.7 Å². The monoisotopic (exact) mass is 591 g/mol. The quantitative estimate of drug-likeness (QED) is 0.410. The fraction of sp³-hybridized carbons (Fsp3) is 0.462. The van der Waals surface area contributed by atoms with Crippen molar-refractivity contribution in [1.82, 2.24) is 10.2 Å². The van der Waals surface area contributed by atoms with E-state index in [1.54, 1.807) is 6.07 Å². The smallest absolute Gasteiger partial charge is 0.352 e. The molecule has 1 N–H and O–H groups in total. The van der Waals surface area contributed by atoms with E-state index in [1.807, 2.05) is 0 Å². The first-order chi connectivity index (χ1) is 18.2. The maximum absolute atomic E-state index is 14.5. The third kappa shape index (κ3) is 8.07. The maximum Gasteiger partial charge on any atom is 0.417 e. The predicted octanol–water partition coefficient (Wildman–Crippen LogP) is 5.13. The minimum Gasteiger partial charge on any atom is -0.352 e. The Morgan fingerprint density at radius 2 is 1.74 bits per heavy atom. The Bertz CT molecular complexity index is 1300. The van der Waals surface area contributed by atoms with Gasteiger partial charge in [0.25, 0.3) is 0 Å². The van der Waals surface area contributed by atoms with Crippen molar-refractivity contribution in [2.75, 3.05) is 17.1 Å². The van der Waals surface area contributed by atoms with Gasteiger partial charge in [-0.2, -0.15) is 13.2 Å². The molecule has 0 heterocycles. The van der Waals surface area contributed by atoms with E-state index in [9.17, 15) is 35.6 Å². The van der Waals surface area contributed by atoms with Gasteiger partial charge in [0.1, 0.15) is 18.4 Å². The molecule has 0 spiro atoms. The summed E-state index contributed by atoms with van der Waals surface area (Å²) in [4.78, 5) is 27.7. The van der Waals surface area contributed by atoms with Crippen LogP contribution in [0.2, 0.25) is 5.02 Å². The van der Waals surface area contributed by atoms with Gasteiger partial charge in [-0.05, 0) is 44.0 Å². The van der Waals surface area contributed by atoms with E-state index >= 15 is 0 Å². The first kappa shape index (κ1) is 30.7. The molecular formula is C26H30ClF4N3O4S. The minimum atomic E-state index is -4.87. The normalized spacial score (nSPS) is 15.5. The number of nitrogens with one attached hydrogen (secondary N) is 1. The summed E-state index contributed by atoms with van der Waals surface area (Å²) >= 11 is 5.67. The molecule has 0 unspecified atom stereocenters. The van der Waals surface area contributed by atoms with Crippen molar-refractivity contribution in [2.24, 2.45) is 0 Å². The Hall–Kier alpha value is -2.86. The molecule has 214 valence electrons. The van der Waals surface area contributed by atoms with E-state index in [0.717, 1.165) is 55.4 Å². The van der Waals surface area contributed by atoms with E-state index in [1.165, 1.54) is 25.1 Å². The van der Waals surface area contributed by atoms with Crippen LogP contribution >= 0.6 is 11.6 Å². The number of benzene rings is 2. The van der Waals surface area contributed by atoms with Crippen molar-refractivity contribution < 1.29 is 35.6 Å². The highest BCUT2D eigenvalue weighted by Gasteiger charge is 2.36. The third-order valence-corrected chi connectivity index (χ3v) is 8.11. The second-order valence-corrected chi connectivity index (χ2v) is 11.9. The highest BCUT2D eigenvalue weighted by molar-refractivity contribution is 7.92. The van der Waals surface area contributed by atoms with Gasteiger partial charge in [-0.25, -0.2) is 12.8 Å². The van der Waals surface area contributed by atoms with Gasteiger partial charge < -0.3 is 10.2 Å². The zero-order valence-corrected chi connectivity index (χ0v) is 23.0. The average molecular weight is 592 g/mol. The molecule has 1 saturated carbocycles. The van der Waals surface area contributed by atoms with E-state index in [-0.39, 0.29) is 18.2 Å². The summed E-state index contributed by atoms with van der Waals surface area (Å²) in [6.45, 7) is 0.149. The molecule has 2 aromatic carbocycles. The topological polar surface area (TPSA) is 86.8 Å². The second kappa shape index (κ2) is 12.5. The van der Waals surface area contributed by atoms with Gasteiger partial charge in [-0.1, -0.05) is 49.1 Å². The molecule has 1 aliphatic rings. The number of rotatable bonds is 9. The summed E-state index contributed by atoms with van der Waals surface area (Å²) < 4.78 is 80.5. The van der Waals surface area contributed by atoms with Crippen LogP contribution in [-0.2, 0) is 32.3 Å². The molecule has 0 bridgehead atoms. The van der Waals surface area contributed by atoms with Crippen LogP contribution in [0.3, 0.4) is 0 Å². The Morgan fingerprint density at radius 1 is 1.10 bits per heavy atom. The Morgan fingerprint density at radius 3 is 2.33 bits per heavy atom. The zero-order valence-electron chi connectivity index (χ0n) is 21.5. The lowest BCUT2D eigenvalue weighted by Gasteiger charge is -2.33. The maximum atomic E-state index is 14.5. The number of carbonyl (C=O) groups is 2. The van der Waals surface area contributed by atoms with Crippen molar-refractivity contribution in [3.05, 3.63) is 64.4 Å². The Kier molecular flexibility index (Phi) is 9.87. The number of hydrogen-bond donors (Lipinski definition) is 1. The summed E-state index contributed by atoms with van der Waals surface area (Å²) in [7, 11) is -4.27. The van der Waals surface area contributed by atoms with Gasteiger partial charge in [0, 0.05) is 18.2 Å². The predicted molar refractivity (Wildman–Crippen MR) is 140 cm³/mol. The number of sulfonamides is 1. The molecule has 1 fully saturated rings. The van der Waals surface area contributed by atoms with Crippen LogP contribution in [0.1, 0.15) is 50.2 Å². The number of amides is 2. The third-order valence-electron chi connectivity index (χ3n) is 6.64. The van der Waals surface area contributed by atoms with Gasteiger partial charge in [0.05, 0.1) is 22.5 Å². The first-order valence-electron chi connectivity index (χ1n) is 12.4. The largest absolute Gasteiger partial charge is 0.417 e. The minimum absolute atomic E-state index is 0.0820. The average Bonchev–Trinajstić information content (AvgIpc) is 2.86. The second-order valence-electron chi connectivity index (χ2n) is 9.56. The molecule has 7 nitrogen and oxygen atoms in total. The van der Waals surface area contributed by atoms with Crippen LogP contribution in [0.5, 0.6) is 0 Å². The van der Waals surface area contributed by atoms with E-state index in [2.05, 4.69) is 5.32 Å². The van der Waals surface area contributed by atoms with Crippen LogP contribution in [0.4, 0.5) is 23.2 Å². The molecule has 0 radical (unpaired) electrons. The van der Waals surface area contributed by atoms with Gasteiger partial charge in [0.2, 0.25) is 21.8 Å². The Labute approximate surface area is 230 Å². The highest BCUT2D eigenvalue weighted by atomic mass is 35.5. The molecule has 39 heavy (non-hydrogen) atoms. The standard InChI is InChI=1S/C26H30ClF4N3O4S/c1-17(25(36)32-19-9-4-3-5-10-19)33(15-18-8-6-7-11-23(18)28)24(35)16-34(39(2,37)38)20-12-13-22(27)21(14-20)26(29,30)31/h6-8,11-14,17,19H,3-5,9-10,15-16H2,1-2H3,(H,32,36)/t17-/m0/s1. The molecule has 13 heteroatoms.